The SMILES string of the molecule is NC(=S)c1ccccc1N1CCN(C2CCCC2)CC1. The number of piperazine rings is 1. The van der Waals surface area contributed by atoms with Crippen molar-refractivity contribution in [2.45, 2.75) is 31.7 Å². The maximum absolute atomic E-state index is 5.84. The van der Waals surface area contributed by atoms with E-state index in [9.17, 15) is 0 Å². The summed E-state index contributed by atoms with van der Waals surface area (Å²) in [5.74, 6) is 0. The first-order valence-electron chi connectivity index (χ1n) is 7.63. The highest BCUT2D eigenvalue weighted by Gasteiger charge is 2.26. The first kappa shape index (κ1) is 13.8. The number of anilines is 1. The molecule has 0 radical (unpaired) electrons. The fourth-order valence-corrected chi connectivity index (χ4v) is 3.73. The first-order chi connectivity index (χ1) is 9.75. The van der Waals surface area contributed by atoms with E-state index in [1.54, 1.807) is 0 Å². The van der Waals surface area contributed by atoms with Gasteiger partial charge in [0.1, 0.15) is 4.99 Å². The number of nitrogens with two attached hydrogens (primary N) is 1. The molecule has 0 unspecified atom stereocenters. The van der Waals surface area contributed by atoms with Crippen molar-refractivity contribution in [1.29, 1.82) is 0 Å². The van der Waals surface area contributed by atoms with E-state index in [0.29, 0.717) is 4.99 Å². The van der Waals surface area contributed by atoms with E-state index >= 15 is 0 Å². The monoisotopic (exact) mass is 289 g/mol. The number of hydrogen-bond donors (Lipinski definition) is 1. The molecule has 1 saturated carbocycles. The van der Waals surface area contributed by atoms with Crippen LogP contribution in [0, 0.1) is 0 Å². The molecule has 0 aromatic heterocycles. The maximum Gasteiger partial charge on any atom is 0.106 e. The van der Waals surface area contributed by atoms with Crippen molar-refractivity contribution in [3.8, 4) is 0 Å². The average Bonchev–Trinajstić information content (AvgIpc) is 3.02. The normalized spacial score (nSPS) is 21.3. The van der Waals surface area contributed by atoms with E-state index in [0.717, 1.165) is 37.8 Å². The van der Waals surface area contributed by atoms with Gasteiger partial charge in [-0.25, -0.2) is 0 Å². The smallest absolute Gasteiger partial charge is 0.106 e. The highest BCUT2D eigenvalue weighted by molar-refractivity contribution is 7.80. The Balaban J connectivity index is 1.67. The van der Waals surface area contributed by atoms with Crippen LogP contribution in [-0.4, -0.2) is 42.1 Å². The molecule has 1 aromatic rings. The molecule has 0 amide bonds. The molecular formula is C16H23N3S. The third-order valence-electron chi connectivity index (χ3n) is 4.67. The molecule has 1 aliphatic carbocycles. The number of nitrogens with zero attached hydrogens (tertiary/aromatic N) is 2. The largest absolute Gasteiger partial charge is 0.389 e. The zero-order valence-corrected chi connectivity index (χ0v) is 12.7. The van der Waals surface area contributed by atoms with Gasteiger partial charge in [-0.15, -0.1) is 0 Å². The lowest BCUT2D eigenvalue weighted by Gasteiger charge is -2.39. The molecule has 1 aliphatic heterocycles. The van der Waals surface area contributed by atoms with Crippen LogP contribution in [0.4, 0.5) is 5.69 Å². The molecule has 108 valence electrons. The molecule has 4 heteroatoms. The van der Waals surface area contributed by atoms with Gasteiger partial charge in [0, 0.05) is 43.5 Å². The second-order valence-electron chi connectivity index (χ2n) is 5.84. The fourth-order valence-electron chi connectivity index (χ4n) is 3.56. The minimum Gasteiger partial charge on any atom is -0.389 e. The van der Waals surface area contributed by atoms with Crippen molar-refractivity contribution >= 4 is 22.9 Å². The first-order valence-corrected chi connectivity index (χ1v) is 8.04. The molecule has 3 nitrogen and oxygen atoms in total. The van der Waals surface area contributed by atoms with Gasteiger partial charge in [0.05, 0.1) is 0 Å². The second kappa shape index (κ2) is 6.10. The van der Waals surface area contributed by atoms with Gasteiger partial charge in [-0.05, 0) is 25.0 Å². The Labute approximate surface area is 126 Å². The Morgan fingerprint density at radius 3 is 2.35 bits per heavy atom. The minimum absolute atomic E-state index is 0.499. The number of rotatable bonds is 3. The van der Waals surface area contributed by atoms with E-state index in [-0.39, 0.29) is 0 Å². The molecule has 0 atom stereocenters. The van der Waals surface area contributed by atoms with Crippen LogP contribution < -0.4 is 10.6 Å². The van der Waals surface area contributed by atoms with Crippen LogP contribution in [0.25, 0.3) is 0 Å². The van der Waals surface area contributed by atoms with Gasteiger partial charge in [0.2, 0.25) is 0 Å². The van der Waals surface area contributed by atoms with Crippen LogP contribution in [0.2, 0.25) is 0 Å². The van der Waals surface area contributed by atoms with Gasteiger partial charge in [-0.2, -0.15) is 0 Å². The van der Waals surface area contributed by atoms with Crippen LogP contribution in [0.5, 0.6) is 0 Å². The van der Waals surface area contributed by atoms with Gasteiger partial charge in [0.15, 0.2) is 0 Å². The third kappa shape index (κ3) is 2.81. The predicted molar refractivity (Wildman–Crippen MR) is 88.4 cm³/mol. The summed E-state index contributed by atoms with van der Waals surface area (Å²) in [7, 11) is 0. The zero-order valence-electron chi connectivity index (χ0n) is 11.9. The molecular weight excluding hydrogens is 266 g/mol. The Kier molecular flexibility index (Phi) is 4.22. The van der Waals surface area contributed by atoms with Crippen molar-refractivity contribution in [2.24, 2.45) is 5.73 Å². The molecule has 3 rings (SSSR count). The van der Waals surface area contributed by atoms with E-state index in [1.807, 2.05) is 12.1 Å². The van der Waals surface area contributed by atoms with Crippen LogP contribution in [0.1, 0.15) is 31.2 Å². The predicted octanol–water partition coefficient (Wildman–Crippen LogP) is 2.39. The van der Waals surface area contributed by atoms with Gasteiger partial charge >= 0.3 is 0 Å². The molecule has 2 N–H and O–H groups in total. The van der Waals surface area contributed by atoms with E-state index < -0.39 is 0 Å². The van der Waals surface area contributed by atoms with Crippen molar-refractivity contribution in [3.63, 3.8) is 0 Å². The van der Waals surface area contributed by atoms with Crippen molar-refractivity contribution in [1.82, 2.24) is 4.90 Å². The topological polar surface area (TPSA) is 32.5 Å². The molecule has 20 heavy (non-hydrogen) atoms. The summed E-state index contributed by atoms with van der Waals surface area (Å²) >= 11 is 5.17. The summed E-state index contributed by atoms with van der Waals surface area (Å²) in [5.41, 5.74) is 8.05. The summed E-state index contributed by atoms with van der Waals surface area (Å²) in [5, 5.41) is 0. The molecule has 1 heterocycles. The van der Waals surface area contributed by atoms with Crippen LogP contribution >= 0.6 is 12.2 Å². The van der Waals surface area contributed by atoms with Gasteiger partial charge < -0.3 is 10.6 Å². The Morgan fingerprint density at radius 1 is 1.05 bits per heavy atom. The lowest BCUT2D eigenvalue weighted by molar-refractivity contribution is 0.187. The summed E-state index contributed by atoms with van der Waals surface area (Å²) < 4.78 is 0. The standard InChI is InChI=1S/C16H23N3S/c17-16(20)14-7-3-4-8-15(14)19-11-9-18(10-12-19)13-5-1-2-6-13/h3-4,7-8,13H,1-2,5-6,9-12H2,(H2,17,20). The summed E-state index contributed by atoms with van der Waals surface area (Å²) in [6, 6.07) is 9.08. The molecule has 2 fully saturated rings. The Hall–Kier alpha value is -1.13. The van der Waals surface area contributed by atoms with Gasteiger partial charge in [-0.3, -0.25) is 4.90 Å². The number of thiocarbonyl (C=S) groups is 1. The third-order valence-corrected chi connectivity index (χ3v) is 4.89. The summed E-state index contributed by atoms with van der Waals surface area (Å²) in [6.07, 6.45) is 5.61. The number of hydrogen-bond acceptors (Lipinski definition) is 3. The molecule has 1 aromatic carbocycles. The summed E-state index contributed by atoms with van der Waals surface area (Å²) in [6.45, 7) is 4.49. The molecule has 2 aliphatic rings. The van der Waals surface area contributed by atoms with E-state index in [1.165, 1.54) is 31.4 Å². The Bertz CT molecular complexity index is 474. The minimum atomic E-state index is 0.499. The molecule has 0 bridgehead atoms. The Morgan fingerprint density at radius 2 is 1.70 bits per heavy atom. The lowest BCUT2D eigenvalue weighted by atomic mass is 10.1. The van der Waals surface area contributed by atoms with Gasteiger partial charge in [-0.1, -0.05) is 37.2 Å². The average molecular weight is 289 g/mol. The quantitative estimate of drug-likeness (QED) is 0.866. The maximum atomic E-state index is 5.84. The van der Waals surface area contributed by atoms with Crippen LogP contribution in [0.3, 0.4) is 0 Å². The van der Waals surface area contributed by atoms with Crippen molar-refractivity contribution < 1.29 is 0 Å². The van der Waals surface area contributed by atoms with Crippen molar-refractivity contribution in [2.75, 3.05) is 31.1 Å². The van der Waals surface area contributed by atoms with E-state index in [2.05, 4.69) is 21.9 Å². The van der Waals surface area contributed by atoms with Crippen molar-refractivity contribution in [3.05, 3.63) is 29.8 Å². The zero-order chi connectivity index (χ0) is 13.9. The molecule has 0 spiro atoms. The highest BCUT2D eigenvalue weighted by atomic mass is 32.1. The summed E-state index contributed by atoms with van der Waals surface area (Å²) in [4.78, 5) is 5.60. The second-order valence-corrected chi connectivity index (χ2v) is 6.28. The van der Waals surface area contributed by atoms with E-state index in [4.69, 9.17) is 18.0 Å². The highest BCUT2D eigenvalue weighted by Crippen LogP contribution is 2.26. The number of para-hydroxylation sites is 1. The van der Waals surface area contributed by atoms with Crippen LogP contribution in [-0.2, 0) is 0 Å². The number of benzene rings is 1. The van der Waals surface area contributed by atoms with Gasteiger partial charge in [0.25, 0.3) is 0 Å². The van der Waals surface area contributed by atoms with Crippen LogP contribution in [0.15, 0.2) is 24.3 Å². The molecule has 1 saturated heterocycles. The lowest BCUT2D eigenvalue weighted by Crippen LogP contribution is -2.50. The fraction of sp³-hybridized carbons (Fsp3) is 0.562.